The van der Waals surface area contributed by atoms with Crippen molar-refractivity contribution in [3.05, 3.63) is 0 Å². The lowest BCUT2D eigenvalue weighted by Crippen LogP contribution is -2.58. The first-order valence-corrected chi connectivity index (χ1v) is 7.51. The standard InChI is InChI=1S/C14H25N3O3/c1-3-15-13(18)9-17-10-5-4-6-11(17)8-12(7-10)16(2)14(19)20/h10-12H,3-9H2,1-2H3,(H,15,18)(H,19,20)/t10-,11+,12?. The Hall–Kier alpha value is -1.30. The van der Waals surface area contributed by atoms with Crippen molar-refractivity contribution < 1.29 is 14.7 Å². The first kappa shape index (κ1) is 15.1. The molecule has 0 aliphatic carbocycles. The molecule has 2 saturated heterocycles. The second-order valence-corrected chi connectivity index (χ2v) is 5.88. The zero-order valence-electron chi connectivity index (χ0n) is 12.3. The highest BCUT2D eigenvalue weighted by Crippen LogP contribution is 2.35. The molecular weight excluding hydrogens is 258 g/mol. The van der Waals surface area contributed by atoms with Gasteiger partial charge in [-0.15, -0.1) is 0 Å². The molecule has 0 aromatic rings. The minimum absolute atomic E-state index is 0.0782. The molecule has 2 rings (SSSR count). The van der Waals surface area contributed by atoms with Gasteiger partial charge >= 0.3 is 6.09 Å². The van der Waals surface area contributed by atoms with Crippen LogP contribution in [0.1, 0.15) is 39.0 Å². The first-order chi connectivity index (χ1) is 9.52. The van der Waals surface area contributed by atoms with Crippen molar-refractivity contribution in [1.82, 2.24) is 15.1 Å². The number of hydrogen-bond donors (Lipinski definition) is 2. The molecule has 0 spiro atoms. The highest BCUT2D eigenvalue weighted by Gasteiger charge is 2.40. The van der Waals surface area contributed by atoms with E-state index in [4.69, 9.17) is 5.11 Å². The van der Waals surface area contributed by atoms with E-state index in [1.54, 1.807) is 7.05 Å². The van der Waals surface area contributed by atoms with E-state index in [1.165, 1.54) is 11.3 Å². The van der Waals surface area contributed by atoms with Crippen LogP contribution in [0.4, 0.5) is 4.79 Å². The fraction of sp³-hybridized carbons (Fsp3) is 0.857. The molecule has 20 heavy (non-hydrogen) atoms. The lowest BCUT2D eigenvalue weighted by Gasteiger charge is -2.49. The van der Waals surface area contributed by atoms with Crippen molar-refractivity contribution in [1.29, 1.82) is 0 Å². The molecule has 6 heteroatoms. The summed E-state index contributed by atoms with van der Waals surface area (Å²) in [6, 6.07) is 0.780. The van der Waals surface area contributed by atoms with Gasteiger partial charge in [0.15, 0.2) is 0 Å². The number of nitrogens with one attached hydrogen (secondary N) is 1. The SMILES string of the molecule is CCNC(=O)CN1[C@@H]2CCC[C@H]1CC(N(C)C(=O)O)C2. The summed E-state index contributed by atoms with van der Waals surface area (Å²) in [7, 11) is 1.65. The molecule has 3 atom stereocenters. The van der Waals surface area contributed by atoms with Crippen molar-refractivity contribution in [3.8, 4) is 0 Å². The summed E-state index contributed by atoms with van der Waals surface area (Å²) in [5.74, 6) is 0.0782. The van der Waals surface area contributed by atoms with Crippen LogP contribution in [0.2, 0.25) is 0 Å². The van der Waals surface area contributed by atoms with E-state index >= 15 is 0 Å². The molecule has 0 saturated carbocycles. The summed E-state index contributed by atoms with van der Waals surface area (Å²) in [6.45, 7) is 3.03. The van der Waals surface area contributed by atoms with Gasteiger partial charge in [0.1, 0.15) is 0 Å². The number of carbonyl (C=O) groups excluding carboxylic acids is 1. The van der Waals surface area contributed by atoms with Crippen LogP contribution < -0.4 is 5.32 Å². The number of likely N-dealkylation sites (N-methyl/N-ethyl adjacent to an activating group) is 1. The number of piperidine rings is 2. The summed E-state index contributed by atoms with van der Waals surface area (Å²) < 4.78 is 0. The molecule has 2 aliphatic heterocycles. The van der Waals surface area contributed by atoms with Crippen LogP contribution in [0, 0.1) is 0 Å². The number of nitrogens with zero attached hydrogens (tertiary/aromatic N) is 2. The lowest BCUT2D eigenvalue weighted by molar-refractivity contribution is -0.125. The average Bonchev–Trinajstić information content (AvgIpc) is 2.37. The van der Waals surface area contributed by atoms with Gasteiger partial charge in [-0.25, -0.2) is 4.79 Å². The summed E-state index contributed by atoms with van der Waals surface area (Å²) in [6.07, 6.45) is 4.16. The number of hydrogen-bond acceptors (Lipinski definition) is 3. The molecule has 2 bridgehead atoms. The third-order valence-corrected chi connectivity index (χ3v) is 4.65. The summed E-state index contributed by atoms with van der Waals surface area (Å²) in [4.78, 5) is 26.7. The third kappa shape index (κ3) is 3.23. The molecule has 2 N–H and O–H groups in total. The summed E-state index contributed by atoms with van der Waals surface area (Å²) in [5.41, 5.74) is 0. The number of amides is 2. The van der Waals surface area contributed by atoms with Gasteiger partial charge in [0.05, 0.1) is 6.54 Å². The van der Waals surface area contributed by atoms with E-state index in [9.17, 15) is 9.59 Å². The average molecular weight is 283 g/mol. The predicted molar refractivity (Wildman–Crippen MR) is 75.6 cm³/mol. The highest BCUT2D eigenvalue weighted by atomic mass is 16.4. The zero-order chi connectivity index (χ0) is 14.7. The fourth-order valence-corrected chi connectivity index (χ4v) is 3.60. The predicted octanol–water partition coefficient (Wildman–Crippen LogP) is 1.12. The Bertz CT molecular complexity index is 361. The van der Waals surface area contributed by atoms with Crippen molar-refractivity contribution in [2.45, 2.75) is 57.2 Å². The van der Waals surface area contributed by atoms with Crippen LogP contribution in [0.3, 0.4) is 0 Å². The van der Waals surface area contributed by atoms with Gasteiger partial charge in [-0.1, -0.05) is 6.42 Å². The van der Waals surface area contributed by atoms with Gasteiger partial charge in [-0.05, 0) is 32.6 Å². The Morgan fingerprint density at radius 2 is 1.90 bits per heavy atom. The van der Waals surface area contributed by atoms with E-state index in [2.05, 4.69) is 10.2 Å². The van der Waals surface area contributed by atoms with E-state index < -0.39 is 6.09 Å². The maximum Gasteiger partial charge on any atom is 0.407 e. The number of carboxylic acid groups (broad SMARTS) is 1. The molecule has 2 fully saturated rings. The van der Waals surface area contributed by atoms with Crippen LogP contribution >= 0.6 is 0 Å². The van der Waals surface area contributed by atoms with Crippen LogP contribution in [0.15, 0.2) is 0 Å². The summed E-state index contributed by atoms with van der Waals surface area (Å²) >= 11 is 0. The molecule has 0 radical (unpaired) electrons. The lowest BCUT2D eigenvalue weighted by atomic mass is 9.81. The Balaban J connectivity index is 2.00. The Morgan fingerprint density at radius 1 is 1.30 bits per heavy atom. The van der Waals surface area contributed by atoms with Crippen molar-refractivity contribution in [2.24, 2.45) is 0 Å². The molecule has 2 heterocycles. The van der Waals surface area contributed by atoms with Crippen molar-refractivity contribution in [2.75, 3.05) is 20.1 Å². The maximum atomic E-state index is 11.8. The van der Waals surface area contributed by atoms with Gasteiger partial charge < -0.3 is 15.3 Å². The normalized spacial score (nSPS) is 29.8. The topological polar surface area (TPSA) is 72.9 Å². The highest BCUT2D eigenvalue weighted by molar-refractivity contribution is 5.78. The van der Waals surface area contributed by atoms with Gasteiger partial charge in [-0.2, -0.15) is 0 Å². The first-order valence-electron chi connectivity index (χ1n) is 7.51. The fourth-order valence-electron chi connectivity index (χ4n) is 3.60. The van der Waals surface area contributed by atoms with Crippen molar-refractivity contribution in [3.63, 3.8) is 0 Å². The van der Waals surface area contributed by atoms with Crippen molar-refractivity contribution >= 4 is 12.0 Å². The number of rotatable bonds is 4. The third-order valence-electron chi connectivity index (χ3n) is 4.65. The largest absolute Gasteiger partial charge is 0.465 e. The van der Waals surface area contributed by atoms with E-state index in [0.717, 1.165) is 25.7 Å². The van der Waals surface area contributed by atoms with Gasteiger partial charge in [0, 0.05) is 31.7 Å². The van der Waals surface area contributed by atoms with Crippen LogP contribution in [-0.2, 0) is 4.79 Å². The molecule has 0 aromatic heterocycles. The van der Waals surface area contributed by atoms with E-state index in [-0.39, 0.29) is 11.9 Å². The van der Waals surface area contributed by atoms with Crippen LogP contribution in [-0.4, -0.2) is 65.2 Å². The Morgan fingerprint density at radius 3 is 2.40 bits per heavy atom. The monoisotopic (exact) mass is 283 g/mol. The minimum Gasteiger partial charge on any atom is -0.465 e. The molecular formula is C14H25N3O3. The number of fused-ring (bicyclic) bond motifs is 2. The smallest absolute Gasteiger partial charge is 0.407 e. The molecule has 2 aliphatic rings. The molecule has 2 amide bonds. The molecule has 0 aromatic carbocycles. The summed E-state index contributed by atoms with van der Waals surface area (Å²) in [5, 5.41) is 12.0. The minimum atomic E-state index is -0.856. The molecule has 114 valence electrons. The quantitative estimate of drug-likeness (QED) is 0.811. The van der Waals surface area contributed by atoms with E-state index in [1.807, 2.05) is 6.92 Å². The van der Waals surface area contributed by atoms with Gasteiger partial charge in [0.2, 0.25) is 5.91 Å². The van der Waals surface area contributed by atoms with Gasteiger partial charge in [-0.3, -0.25) is 9.69 Å². The number of carbonyl (C=O) groups is 2. The maximum absolute atomic E-state index is 11.8. The Kier molecular flexibility index (Phi) is 4.86. The second kappa shape index (κ2) is 6.43. The second-order valence-electron chi connectivity index (χ2n) is 5.88. The van der Waals surface area contributed by atoms with Crippen LogP contribution in [0.25, 0.3) is 0 Å². The Labute approximate surface area is 120 Å². The van der Waals surface area contributed by atoms with E-state index in [0.29, 0.717) is 25.2 Å². The van der Waals surface area contributed by atoms with Gasteiger partial charge in [0.25, 0.3) is 0 Å². The molecule has 1 unspecified atom stereocenters. The van der Waals surface area contributed by atoms with Crippen LogP contribution in [0.5, 0.6) is 0 Å². The molecule has 6 nitrogen and oxygen atoms in total. The zero-order valence-corrected chi connectivity index (χ0v) is 12.3.